The molecule has 1 rings (SSSR count). The normalized spacial score (nSPS) is 23.9. The summed E-state index contributed by atoms with van der Waals surface area (Å²) in [6, 6.07) is 0.235. The van der Waals surface area contributed by atoms with Gasteiger partial charge in [0, 0.05) is 19.1 Å². The molecule has 0 aromatic rings. The Morgan fingerprint density at radius 2 is 1.81 bits per heavy atom. The van der Waals surface area contributed by atoms with E-state index >= 15 is 0 Å². The minimum absolute atomic E-state index is 0.0752. The maximum atomic E-state index is 12.4. The SMILES string of the molecule is CCN(CC(=O)N(C)C1CCC(C)CC1)C(C)CC(=O)O. The molecule has 5 nitrogen and oxygen atoms in total. The Kier molecular flexibility index (Phi) is 7.15. The van der Waals surface area contributed by atoms with E-state index in [0.717, 1.165) is 18.8 Å². The zero-order valence-corrected chi connectivity index (χ0v) is 13.8. The molecule has 1 atom stereocenters. The van der Waals surface area contributed by atoms with Crippen molar-refractivity contribution in [2.45, 2.75) is 65.0 Å². The van der Waals surface area contributed by atoms with Crippen molar-refractivity contribution in [3.63, 3.8) is 0 Å². The van der Waals surface area contributed by atoms with Gasteiger partial charge in [-0.1, -0.05) is 13.8 Å². The average Bonchev–Trinajstić information content (AvgIpc) is 2.43. The Balaban J connectivity index is 2.51. The number of aliphatic carboxylic acids is 1. The van der Waals surface area contributed by atoms with Crippen molar-refractivity contribution in [1.82, 2.24) is 9.80 Å². The molecule has 1 fully saturated rings. The van der Waals surface area contributed by atoms with E-state index in [1.54, 1.807) is 0 Å². The first-order chi connectivity index (χ1) is 9.85. The van der Waals surface area contributed by atoms with Crippen LogP contribution < -0.4 is 0 Å². The molecule has 1 aliphatic rings. The molecular formula is C16H30N2O3. The number of amides is 1. The maximum Gasteiger partial charge on any atom is 0.304 e. The second kappa shape index (κ2) is 8.37. The van der Waals surface area contributed by atoms with Crippen molar-refractivity contribution in [2.75, 3.05) is 20.1 Å². The summed E-state index contributed by atoms with van der Waals surface area (Å²) in [5.41, 5.74) is 0. The molecule has 5 heteroatoms. The van der Waals surface area contributed by atoms with Crippen LogP contribution in [0.5, 0.6) is 0 Å². The Morgan fingerprint density at radius 3 is 2.29 bits per heavy atom. The van der Waals surface area contributed by atoms with Gasteiger partial charge in [-0.2, -0.15) is 0 Å². The third kappa shape index (κ3) is 5.65. The fraction of sp³-hybridized carbons (Fsp3) is 0.875. The number of carboxylic acid groups (broad SMARTS) is 1. The minimum atomic E-state index is -0.817. The third-order valence-electron chi connectivity index (χ3n) is 4.76. The predicted molar refractivity (Wildman–Crippen MR) is 83.2 cm³/mol. The largest absolute Gasteiger partial charge is 0.481 e. The van der Waals surface area contributed by atoms with E-state index in [1.165, 1.54) is 12.8 Å². The van der Waals surface area contributed by atoms with Gasteiger partial charge >= 0.3 is 5.97 Å². The number of hydrogen-bond donors (Lipinski definition) is 1. The molecule has 0 bridgehead atoms. The highest BCUT2D eigenvalue weighted by Crippen LogP contribution is 2.26. The molecule has 1 amide bonds. The topological polar surface area (TPSA) is 60.9 Å². The predicted octanol–water partition coefficient (Wildman–Crippen LogP) is 2.21. The van der Waals surface area contributed by atoms with Crippen LogP contribution in [0, 0.1) is 5.92 Å². The van der Waals surface area contributed by atoms with Crippen LogP contribution in [0.4, 0.5) is 0 Å². The summed E-state index contributed by atoms with van der Waals surface area (Å²) in [7, 11) is 1.89. The number of carbonyl (C=O) groups excluding carboxylic acids is 1. The summed E-state index contributed by atoms with van der Waals surface area (Å²) in [6.45, 7) is 7.11. The summed E-state index contributed by atoms with van der Waals surface area (Å²) >= 11 is 0. The van der Waals surface area contributed by atoms with Crippen molar-refractivity contribution >= 4 is 11.9 Å². The molecule has 0 saturated heterocycles. The summed E-state index contributed by atoms with van der Waals surface area (Å²) in [5.74, 6) is 0.0594. The van der Waals surface area contributed by atoms with Gasteiger partial charge in [0.15, 0.2) is 0 Å². The lowest BCUT2D eigenvalue weighted by Crippen LogP contribution is -2.47. The summed E-state index contributed by atoms with van der Waals surface area (Å²) in [5, 5.41) is 8.88. The number of likely N-dealkylation sites (N-methyl/N-ethyl adjacent to an activating group) is 2. The molecule has 1 N–H and O–H groups in total. The van der Waals surface area contributed by atoms with E-state index in [1.807, 2.05) is 30.7 Å². The first-order valence-electron chi connectivity index (χ1n) is 8.06. The highest BCUT2D eigenvalue weighted by Gasteiger charge is 2.26. The molecular weight excluding hydrogens is 268 g/mol. The van der Waals surface area contributed by atoms with Crippen molar-refractivity contribution in [3.8, 4) is 0 Å². The zero-order chi connectivity index (χ0) is 16.0. The van der Waals surface area contributed by atoms with Gasteiger partial charge in [0.25, 0.3) is 0 Å². The van der Waals surface area contributed by atoms with Crippen LogP contribution in [0.2, 0.25) is 0 Å². The minimum Gasteiger partial charge on any atom is -0.481 e. The number of rotatable bonds is 7. The molecule has 0 radical (unpaired) electrons. The summed E-state index contributed by atoms with van der Waals surface area (Å²) in [6.07, 6.45) is 4.62. The van der Waals surface area contributed by atoms with E-state index in [0.29, 0.717) is 19.1 Å². The summed E-state index contributed by atoms with van der Waals surface area (Å²) < 4.78 is 0. The summed E-state index contributed by atoms with van der Waals surface area (Å²) in [4.78, 5) is 27.0. The number of carbonyl (C=O) groups is 2. The number of hydrogen-bond acceptors (Lipinski definition) is 3. The molecule has 0 aliphatic heterocycles. The lowest BCUT2D eigenvalue weighted by Gasteiger charge is -2.35. The molecule has 21 heavy (non-hydrogen) atoms. The molecule has 0 aromatic heterocycles. The van der Waals surface area contributed by atoms with Crippen molar-refractivity contribution in [1.29, 1.82) is 0 Å². The highest BCUT2D eigenvalue weighted by atomic mass is 16.4. The van der Waals surface area contributed by atoms with Gasteiger partial charge in [-0.15, -0.1) is 0 Å². The molecule has 1 unspecified atom stereocenters. The van der Waals surface area contributed by atoms with Gasteiger partial charge in [0.2, 0.25) is 5.91 Å². The van der Waals surface area contributed by atoms with Crippen LogP contribution >= 0.6 is 0 Å². The molecule has 0 heterocycles. The van der Waals surface area contributed by atoms with E-state index in [4.69, 9.17) is 5.11 Å². The van der Waals surface area contributed by atoms with Gasteiger partial charge in [0.05, 0.1) is 13.0 Å². The van der Waals surface area contributed by atoms with Crippen molar-refractivity contribution < 1.29 is 14.7 Å². The van der Waals surface area contributed by atoms with Gasteiger partial charge in [0.1, 0.15) is 0 Å². The van der Waals surface area contributed by atoms with Crippen molar-refractivity contribution in [2.24, 2.45) is 5.92 Å². The monoisotopic (exact) mass is 298 g/mol. The second-order valence-corrected chi connectivity index (χ2v) is 6.43. The first kappa shape index (κ1) is 18.0. The fourth-order valence-electron chi connectivity index (χ4n) is 3.08. The molecule has 0 spiro atoms. The Bertz CT molecular complexity index is 351. The number of nitrogens with zero attached hydrogens (tertiary/aromatic N) is 2. The average molecular weight is 298 g/mol. The lowest BCUT2D eigenvalue weighted by molar-refractivity contribution is -0.140. The molecule has 1 aliphatic carbocycles. The Morgan fingerprint density at radius 1 is 1.24 bits per heavy atom. The van der Waals surface area contributed by atoms with Crippen LogP contribution in [-0.4, -0.2) is 59.0 Å². The number of carboxylic acids is 1. The second-order valence-electron chi connectivity index (χ2n) is 6.43. The van der Waals surface area contributed by atoms with Crippen molar-refractivity contribution in [3.05, 3.63) is 0 Å². The molecule has 1 saturated carbocycles. The Labute approximate surface area is 128 Å². The third-order valence-corrected chi connectivity index (χ3v) is 4.76. The van der Waals surface area contributed by atoms with Crippen LogP contribution in [0.3, 0.4) is 0 Å². The smallest absolute Gasteiger partial charge is 0.304 e. The van der Waals surface area contributed by atoms with E-state index in [2.05, 4.69) is 6.92 Å². The van der Waals surface area contributed by atoms with Crippen LogP contribution in [0.1, 0.15) is 52.9 Å². The van der Waals surface area contributed by atoms with E-state index in [-0.39, 0.29) is 18.4 Å². The van der Waals surface area contributed by atoms with Gasteiger partial charge < -0.3 is 10.0 Å². The van der Waals surface area contributed by atoms with Gasteiger partial charge in [-0.25, -0.2) is 0 Å². The van der Waals surface area contributed by atoms with Crippen LogP contribution in [0.25, 0.3) is 0 Å². The lowest BCUT2D eigenvalue weighted by atomic mass is 9.87. The van der Waals surface area contributed by atoms with E-state index < -0.39 is 5.97 Å². The Hall–Kier alpha value is -1.10. The van der Waals surface area contributed by atoms with Gasteiger partial charge in [-0.3, -0.25) is 14.5 Å². The molecule has 122 valence electrons. The van der Waals surface area contributed by atoms with E-state index in [9.17, 15) is 9.59 Å². The zero-order valence-electron chi connectivity index (χ0n) is 13.8. The highest BCUT2D eigenvalue weighted by molar-refractivity contribution is 5.78. The van der Waals surface area contributed by atoms with Crippen LogP contribution in [-0.2, 0) is 9.59 Å². The van der Waals surface area contributed by atoms with Crippen LogP contribution in [0.15, 0.2) is 0 Å². The quantitative estimate of drug-likeness (QED) is 0.783. The fourth-order valence-corrected chi connectivity index (χ4v) is 3.08. The maximum absolute atomic E-state index is 12.4. The standard InChI is InChI=1S/C16H30N2O3/c1-5-18(13(3)10-16(20)21)11-15(19)17(4)14-8-6-12(2)7-9-14/h12-14H,5-11H2,1-4H3,(H,20,21). The first-order valence-corrected chi connectivity index (χ1v) is 8.06. The molecule has 0 aromatic carbocycles. The van der Waals surface area contributed by atoms with Gasteiger partial charge in [-0.05, 0) is 45.1 Å².